The zero-order valence-corrected chi connectivity index (χ0v) is 12.5. The molecular weight excluding hydrogens is 224 g/mol. The minimum atomic E-state index is -0.644. The monoisotopic (exact) mass is 252 g/mol. The van der Waals surface area contributed by atoms with E-state index in [1.807, 2.05) is 13.8 Å². The largest absolute Gasteiger partial charge is 0.392 e. The molecule has 0 radical (unpaired) electrons. The summed E-state index contributed by atoms with van der Waals surface area (Å²) < 4.78 is 0. The first-order valence-electron chi connectivity index (χ1n) is 6.97. The average Bonchev–Trinajstić information content (AvgIpc) is 2.24. The predicted octanol–water partition coefficient (Wildman–Crippen LogP) is 3.74. The Balaban J connectivity index is 2.78. The number of carbonyl (C=O) groups is 1. The van der Waals surface area contributed by atoms with Crippen LogP contribution in [0.2, 0.25) is 0 Å². The van der Waals surface area contributed by atoms with Crippen LogP contribution >= 0.6 is 0 Å². The molecule has 2 unspecified atom stereocenters. The first-order valence-corrected chi connectivity index (χ1v) is 6.97. The highest BCUT2D eigenvalue weighted by Crippen LogP contribution is 2.47. The van der Waals surface area contributed by atoms with Gasteiger partial charge in [-0.05, 0) is 43.9 Å². The van der Waals surface area contributed by atoms with Crippen molar-refractivity contribution in [1.82, 2.24) is 0 Å². The average molecular weight is 252 g/mol. The smallest absolute Gasteiger partial charge is 0.137 e. The van der Waals surface area contributed by atoms with E-state index in [1.54, 1.807) is 6.92 Å². The summed E-state index contributed by atoms with van der Waals surface area (Å²) in [5, 5.41) is 10.4. The van der Waals surface area contributed by atoms with E-state index in [2.05, 4.69) is 20.4 Å². The highest BCUT2D eigenvalue weighted by Gasteiger charge is 2.40. The molecule has 2 nitrogen and oxygen atoms in total. The lowest BCUT2D eigenvalue weighted by Crippen LogP contribution is -2.40. The Bertz CT molecular complexity index is 339. The molecule has 0 aromatic heterocycles. The molecule has 0 aromatic carbocycles. The van der Waals surface area contributed by atoms with Crippen molar-refractivity contribution in [2.45, 2.75) is 66.4 Å². The van der Waals surface area contributed by atoms with Gasteiger partial charge in [0.1, 0.15) is 5.78 Å². The molecule has 1 fully saturated rings. The Morgan fingerprint density at radius 3 is 2.61 bits per heavy atom. The molecule has 0 aliphatic heterocycles. The van der Waals surface area contributed by atoms with Crippen molar-refractivity contribution in [3.63, 3.8) is 0 Å². The number of aliphatic hydroxyl groups is 1. The van der Waals surface area contributed by atoms with E-state index < -0.39 is 11.5 Å². The number of Topliss-reactive ketones (excluding diaryl/α,β-unsaturated/α-hetero) is 1. The molecule has 2 heteroatoms. The Morgan fingerprint density at radius 1 is 1.56 bits per heavy atom. The molecule has 1 aliphatic carbocycles. The summed E-state index contributed by atoms with van der Waals surface area (Å²) in [4.78, 5) is 11.6. The van der Waals surface area contributed by atoms with E-state index in [0.717, 1.165) is 19.3 Å². The van der Waals surface area contributed by atoms with Gasteiger partial charge in [-0.15, -0.1) is 0 Å². The number of allylic oxidation sites excluding steroid dienone is 1. The van der Waals surface area contributed by atoms with Gasteiger partial charge >= 0.3 is 0 Å². The fourth-order valence-corrected chi connectivity index (χ4v) is 2.74. The summed E-state index contributed by atoms with van der Waals surface area (Å²) in [5.41, 5.74) is 0.715. The molecule has 0 aromatic rings. The molecule has 2 atom stereocenters. The second-order valence-electron chi connectivity index (χ2n) is 6.94. The quantitative estimate of drug-likeness (QED) is 0.774. The second kappa shape index (κ2) is 5.16. The molecule has 104 valence electrons. The van der Waals surface area contributed by atoms with Gasteiger partial charge in [0.2, 0.25) is 0 Å². The highest BCUT2D eigenvalue weighted by atomic mass is 16.3. The maximum Gasteiger partial charge on any atom is 0.137 e. The van der Waals surface area contributed by atoms with Crippen LogP contribution in [0.5, 0.6) is 0 Å². The van der Waals surface area contributed by atoms with Crippen molar-refractivity contribution in [1.29, 1.82) is 0 Å². The van der Waals surface area contributed by atoms with Gasteiger partial charge in [-0.3, -0.25) is 4.79 Å². The van der Waals surface area contributed by atoms with Crippen molar-refractivity contribution in [2.75, 3.05) is 0 Å². The van der Waals surface area contributed by atoms with E-state index in [-0.39, 0.29) is 11.2 Å². The zero-order valence-electron chi connectivity index (χ0n) is 12.5. The third kappa shape index (κ3) is 2.85. The SMILES string of the molecule is C=C1CCCC(CC(O)C(C)(C)C(C)=O)C1(C)C. The maximum atomic E-state index is 11.6. The minimum Gasteiger partial charge on any atom is -0.392 e. The van der Waals surface area contributed by atoms with Gasteiger partial charge in [-0.1, -0.05) is 39.8 Å². The van der Waals surface area contributed by atoms with Crippen LogP contribution in [0.25, 0.3) is 0 Å². The van der Waals surface area contributed by atoms with Crippen LogP contribution in [0.15, 0.2) is 12.2 Å². The van der Waals surface area contributed by atoms with Gasteiger partial charge in [0.05, 0.1) is 6.10 Å². The molecular formula is C16H28O2. The topological polar surface area (TPSA) is 37.3 Å². The first-order chi connectivity index (χ1) is 8.10. The first kappa shape index (κ1) is 15.4. The Labute approximate surface area is 111 Å². The lowest BCUT2D eigenvalue weighted by molar-refractivity contribution is -0.131. The van der Waals surface area contributed by atoms with E-state index in [0.29, 0.717) is 12.3 Å². The van der Waals surface area contributed by atoms with Crippen molar-refractivity contribution in [3.05, 3.63) is 12.2 Å². The summed E-state index contributed by atoms with van der Waals surface area (Å²) in [5.74, 6) is 0.481. The molecule has 0 saturated heterocycles. The molecule has 0 heterocycles. The van der Waals surface area contributed by atoms with Gasteiger partial charge in [0, 0.05) is 5.41 Å². The summed E-state index contributed by atoms with van der Waals surface area (Å²) in [6, 6.07) is 0. The van der Waals surface area contributed by atoms with Gasteiger partial charge in [0.25, 0.3) is 0 Å². The number of aliphatic hydroxyl groups excluding tert-OH is 1. The molecule has 1 aliphatic rings. The fourth-order valence-electron chi connectivity index (χ4n) is 2.74. The normalized spacial score (nSPS) is 25.9. The van der Waals surface area contributed by atoms with E-state index in [9.17, 15) is 9.90 Å². The summed E-state index contributed by atoms with van der Waals surface area (Å²) in [6.07, 6.45) is 3.50. The van der Waals surface area contributed by atoms with Crippen LogP contribution in [0.3, 0.4) is 0 Å². The molecule has 0 spiro atoms. The van der Waals surface area contributed by atoms with E-state index in [1.165, 1.54) is 5.57 Å². The third-order valence-electron chi connectivity index (χ3n) is 5.21. The number of rotatable bonds is 4. The third-order valence-corrected chi connectivity index (χ3v) is 5.21. The van der Waals surface area contributed by atoms with Gasteiger partial charge in [-0.2, -0.15) is 0 Å². The van der Waals surface area contributed by atoms with Crippen molar-refractivity contribution in [2.24, 2.45) is 16.7 Å². The van der Waals surface area contributed by atoms with Crippen molar-refractivity contribution >= 4 is 5.78 Å². The van der Waals surface area contributed by atoms with Gasteiger partial charge < -0.3 is 5.11 Å². The minimum absolute atomic E-state index is 0.0578. The van der Waals surface area contributed by atoms with Crippen molar-refractivity contribution in [3.8, 4) is 0 Å². The standard InChI is InChI=1S/C16H28O2/c1-11-8-7-9-13(15(11,3)4)10-14(18)16(5,6)12(2)17/h13-14,18H,1,7-10H2,2-6H3. The van der Waals surface area contributed by atoms with Gasteiger partial charge in [-0.25, -0.2) is 0 Å². The second-order valence-corrected chi connectivity index (χ2v) is 6.94. The van der Waals surface area contributed by atoms with Crippen molar-refractivity contribution < 1.29 is 9.90 Å². The summed E-state index contributed by atoms with van der Waals surface area (Å²) >= 11 is 0. The van der Waals surface area contributed by atoms with E-state index >= 15 is 0 Å². The van der Waals surface area contributed by atoms with E-state index in [4.69, 9.17) is 0 Å². The molecule has 18 heavy (non-hydrogen) atoms. The maximum absolute atomic E-state index is 11.6. The van der Waals surface area contributed by atoms with Crippen LogP contribution in [-0.2, 0) is 4.79 Å². The predicted molar refractivity (Wildman–Crippen MR) is 75.3 cm³/mol. The van der Waals surface area contributed by atoms with Crippen LogP contribution in [0.1, 0.15) is 60.3 Å². The number of carbonyl (C=O) groups excluding carboxylic acids is 1. The number of hydrogen-bond donors (Lipinski definition) is 1. The Kier molecular flexibility index (Phi) is 4.42. The highest BCUT2D eigenvalue weighted by molar-refractivity contribution is 5.82. The molecule has 0 amide bonds. The molecule has 1 saturated carbocycles. The summed E-state index contributed by atoms with van der Waals surface area (Å²) in [6.45, 7) is 13.8. The fraction of sp³-hybridized carbons (Fsp3) is 0.812. The van der Waals surface area contributed by atoms with Crippen LogP contribution < -0.4 is 0 Å². The lowest BCUT2D eigenvalue weighted by Gasteiger charge is -2.43. The van der Waals surface area contributed by atoms with Crippen LogP contribution in [-0.4, -0.2) is 17.0 Å². The molecule has 0 bridgehead atoms. The molecule has 1 rings (SSSR count). The van der Waals surface area contributed by atoms with Crippen LogP contribution in [0, 0.1) is 16.7 Å². The zero-order chi connectivity index (χ0) is 14.1. The number of hydrogen-bond acceptors (Lipinski definition) is 2. The Morgan fingerprint density at radius 2 is 2.11 bits per heavy atom. The van der Waals surface area contributed by atoms with Crippen LogP contribution in [0.4, 0.5) is 0 Å². The van der Waals surface area contributed by atoms with Gasteiger partial charge in [0.15, 0.2) is 0 Å². The lowest BCUT2D eigenvalue weighted by atomic mass is 9.63. The molecule has 1 N–H and O–H groups in total. The summed E-state index contributed by atoms with van der Waals surface area (Å²) in [7, 11) is 0. The number of ketones is 1. The Hall–Kier alpha value is -0.630.